The second-order valence-electron chi connectivity index (χ2n) is 9.58. The Hall–Kier alpha value is -3.73. The zero-order chi connectivity index (χ0) is 25.2. The number of amides is 3. The fourth-order valence-corrected chi connectivity index (χ4v) is 5.23. The summed E-state index contributed by atoms with van der Waals surface area (Å²) in [6, 6.07) is 4.94. The average molecular weight is 496 g/mol. The van der Waals surface area contributed by atoms with Gasteiger partial charge in [-0.05, 0) is 49.6 Å². The predicted octanol–water partition coefficient (Wildman–Crippen LogP) is 1.16. The zero-order valence-electron chi connectivity index (χ0n) is 19.9. The molecule has 2 aromatic rings. The van der Waals surface area contributed by atoms with Gasteiger partial charge in [-0.2, -0.15) is 0 Å². The normalized spacial score (nSPS) is 22.4. The number of piperidine rings is 2. The number of nitrogens with one attached hydrogen (secondary N) is 1. The van der Waals surface area contributed by atoms with Gasteiger partial charge in [-0.3, -0.25) is 29.4 Å². The Balaban J connectivity index is 1.20. The van der Waals surface area contributed by atoms with Crippen LogP contribution in [0.4, 0.5) is 0 Å². The number of imide groups is 1. The lowest BCUT2D eigenvalue weighted by atomic mass is 10.0. The first kappa shape index (κ1) is 24.0. The van der Waals surface area contributed by atoms with E-state index >= 15 is 0 Å². The van der Waals surface area contributed by atoms with Crippen molar-refractivity contribution in [3.05, 3.63) is 47.5 Å². The molecule has 5 rings (SSSR count). The van der Waals surface area contributed by atoms with Crippen molar-refractivity contribution in [3.63, 3.8) is 0 Å². The van der Waals surface area contributed by atoms with Gasteiger partial charge in [-0.25, -0.2) is 4.98 Å². The van der Waals surface area contributed by atoms with E-state index in [1.807, 2.05) is 6.07 Å². The first-order chi connectivity index (χ1) is 17.4. The van der Waals surface area contributed by atoms with E-state index in [1.165, 1.54) is 4.90 Å². The third-order valence-electron chi connectivity index (χ3n) is 7.06. The fourth-order valence-electron chi connectivity index (χ4n) is 5.23. The van der Waals surface area contributed by atoms with E-state index in [2.05, 4.69) is 15.2 Å². The first-order valence-corrected chi connectivity index (χ1v) is 12.2. The number of fused-ring (bicyclic) bond motifs is 1. The minimum atomic E-state index is -0.903. The van der Waals surface area contributed by atoms with Gasteiger partial charge in [0.15, 0.2) is 0 Å². The Morgan fingerprint density at radius 1 is 1.19 bits per heavy atom. The molecule has 2 N–H and O–H groups in total. The number of rotatable bonds is 8. The van der Waals surface area contributed by atoms with E-state index in [4.69, 9.17) is 9.84 Å². The number of imidazole rings is 1. The standard InChI is InChI=1S/C25H29N5O6/c31-22-7-6-21(24(34)27-22)30-10-16-9-19(4-5-20(16)25(30)35)36-14-18-3-1-2-8-29(18)12-17-11-28(15-26-17)13-23(32)33/h4-5,9,11,15,18,21H,1-3,6-8,10,12-14H2,(H,32,33)(H,27,31,34)/t18-,21?/m1/s1. The molecule has 3 amide bonds. The Labute approximate surface area is 208 Å². The predicted molar refractivity (Wildman–Crippen MR) is 126 cm³/mol. The second kappa shape index (κ2) is 10.1. The van der Waals surface area contributed by atoms with Gasteiger partial charge in [-0.15, -0.1) is 0 Å². The van der Waals surface area contributed by atoms with E-state index in [0.29, 0.717) is 37.4 Å². The van der Waals surface area contributed by atoms with Gasteiger partial charge in [0.2, 0.25) is 11.8 Å². The van der Waals surface area contributed by atoms with Crippen LogP contribution < -0.4 is 10.1 Å². The highest BCUT2D eigenvalue weighted by molar-refractivity contribution is 6.05. The quantitative estimate of drug-likeness (QED) is 0.521. The van der Waals surface area contributed by atoms with Crippen molar-refractivity contribution in [3.8, 4) is 5.75 Å². The molecule has 1 aromatic carbocycles. The van der Waals surface area contributed by atoms with E-state index in [9.17, 15) is 19.2 Å². The van der Waals surface area contributed by atoms with Crippen LogP contribution in [0.2, 0.25) is 0 Å². The van der Waals surface area contributed by atoms with Crippen LogP contribution >= 0.6 is 0 Å². The lowest BCUT2D eigenvalue weighted by molar-refractivity contribution is -0.138. The summed E-state index contributed by atoms with van der Waals surface area (Å²) in [5, 5.41) is 11.3. The number of hydrogen-bond donors (Lipinski definition) is 2. The number of aliphatic carboxylic acids is 1. The number of carboxylic acids is 1. The van der Waals surface area contributed by atoms with Gasteiger partial charge in [0.25, 0.3) is 5.91 Å². The molecule has 36 heavy (non-hydrogen) atoms. The van der Waals surface area contributed by atoms with Crippen molar-refractivity contribution in [2.45, 2.75) is 63.8 Å². The van der Waals surface area contributed by atoms with Crippen LogP contribution in [0.3, 0.4) is 0 Å². The molecule has 11 nitrogen and oxygen atoms in total. The third-order valence-corrected chi connectivity index (χ3v) is 7.06. The third kappa shape index (κ3) is 5.11. The highest BCUT2D eigenvalue weighted by Crippen LogP contribution is 2.30. The maximum absolute atomic E-state index is 12.9. The van der Waals surface area contributed by atoms with E-state index in [-0.39, 0.29) is 30.8 Å². The summed E-state index contributed by atoms with van der Waals surface area (Å²) in [6.45, 7) is 2.23. The minimum absolute atomic E-state index is 0.110. The van der Waals surface area contributed by atoms with Gasteiger partial charge >= 0.3 is 5.97 Å². The number of ether oxygens (including phenoxy) is 1. The average Bonchev–Trinajstić information content (AvgIpc) is 3.41. The van der Waals surface area contributed by atoms with Gasteiger partial charge in [0, 0.05) is 37.3 Å². The van der Waals surface area contributed by atoms with Crippen LogP contribution in [0.25, 0.3) is 0 Å². The summed E-state index contributed by atoms with van der Waals surface area (Å²) in [5.74, 6) is -1.16. The van der Waals surface area contributed by atoms with Crippen LogP contribution in [0, 0.1) is 0 Å². The number of nitrogens with zero attached hydrogens (tertiary/aromatic N) is 4. The number of carbonyl (C=O) groups is 4. The molecule has 3 aliphatic heterocycles. The van der Waals surface area contributed by atoms with E-state index in [0.717, 1.165) is 37.1 Å². The molecule has 2 fully saturated rings. The number of likely N-dealkylation sites (tertiary alicyclic amines) is 1. The van der Waals surface area contributed by atoms with Crippen LogP contribution in [-0.4, -0.2) is 73.4 Å². The van der Waals surface area contributed by atoms with Gasteiger partial charge in [0.05, 0.1) is 12.0 Å². The Bertz CT molecular complexity index is 1190. The minimum Gasteiger partial charge on any atom is -0.492 e. The smallest absolute Gasteiger partial charge is 0.323 e. The lowest BCUT2D eigenvalue weighted by Crippen LogP contribution is -2.52. The van der Waals surface area contributed by atoms with Crippen molar-refractivity contribution in [1.29, 1.82) is 0 Å². The van der Waals surface area contributed by atoms with Gasteiger partial charge in [-0.1, -0.05) is 6.42 Å². The molecule has 11 heteroatoms. The zero-order valence-corrected chi connectivity index (χ0v) is 19.9. The molecule has 3 aliphatic rings. The Kier molecular flexibility index (Phi) is 6.73. The van der Waals surface area contributed by atoms with Crippen molar-refractivity contribution < 1.29 is 29.0 Å². The van der Waals surface area contributed by atoms with Crippen molar-refractivity contribution >= 4 is 23.7 Å². The molecule has 4 heterocycles. The number of benzene rings is 1. The van der Waals surface area contributed by atoms with Crippen molar-refractivity contribution in [2.75, 3.05) is 13.2 Å². The molecule has 0 aliphatic carbocycles. The fraction of sp³-hybridized carbons (Fsp3) is 0.480. The Morgan fingerprint density at radius 2 is 2.06 bits per heavy atom. The largest absolute Gasteiger partial charge is 0.492 e. The van der Waals surface area contributed by atoms with Gasteiger partial charge < -0.3 is 19.3 Å². The molecular weight excluding hydrogens is 466 g/mol. The van der Waals surface area contributed by atoms with Crippen LogP contribution in [0.1, 0.15) is 53.7 Å². The maximum Gasteiger partial charge on any atom is 0.323 e. The molecular formula is C25H29N5O6. The molecule has 0 saturated carbocycles. The molecule has 0 radical (unpaired) electrons. The van der Waals surface area contributed by atoms with E-state index in [1.54, 1.807) is 29.2 Å². The van der Waals surface area contributed by atoms with Crippen LogP contribution in [-0.2, 0) is 34.0 Å². The number of carbonyl (C=O) groups excluding carboxylic acids is 3. The SMILES string of the molecule is O=C(O)Cn1cnc(CN2CCCC[C@@H]2COc2ccc3c(c2)CN(C2CCC(=O)NC2=O)C3=O)c1. The van der Waals surface area contributed by atoms with Crippen molar-refractivity contribution in [2.24, 2.45) is 0 Å². The highest BCUT2D eigenvalue weighted by atomic mass is 16.5. The van der Waals surface area contributed by atoms with Crippen molar-refractivity contribution in [1.82, 2.24) is 24.7 Å². The Morgan fingerprint density at radius 3 is 2.86 bits per heavy atom. The molecule has 190 valence electrons. The molecule has 1 unspecified atom stereocenters. The summed E-state index contributed by atoms with van der Waals surface area (Å²) in [4.78, 5) is 55.7. The molecule has 2 atom stereocenters. The lowest BCUT2D eigenvalue weighted by Gasteiger charge is -2.35. The summed E-state index contributed by atoms with van der Waals surface area (Å²) in [6.07, 6.45) is 7.06. The molecule has 1 aromatic heterocycles. The highest BCUT2D eigenvalue weighted by Gasteiger charge is 2.39. The first-order valence-electron chi connectivity index (χ1n) is 12.2. The summed E-state index contributed by atoms with van der Waals surface area (Å²) >= 11 is 0. The summed E-state index contributed by atoms with van der Waals surface area (Å²) < 4.78 is 7.72. The number of aromatic nitrogens is 2. The van der Waals surface area contributed by atoms with Crippen LogP contribution in [0.15, 0.2) is 30.7 Å². The molecule has 0 bridgehead atoms. The number of hydrogen-bond acceptors (Lipinski definition) is 7. The monoisotopic (exact) mass is 495 g/mol. The number of carboxylic acid groups (broad SMARTS) is 1. The summed E-state index contributed by atoms with van der Waals surface area (Å²) in [7, 11) is 0. The van der Waals surface area contributed by atoms with Crippen LogP contribution in [0.5, 0.6) is 5.75 Å². The maximum atomic E-state index is 12.9. The topological polar surface area (TPSA) is 134 Å². The molecule has 2 saturated heterocycles. The van der Waals surface area contributed by atoms with E-state index < -0.39 is 17.9 Å². The molecule has 0 spiro atoms. The summed E-state index contributed by atoms with van der Waals surface area (Å²) in [5.41, 5.74) is 2.20. The van der Waals surface area contributed by atoms with Gasteiger partial charge in [0.1, 0.15) is 24.9 Å². The second-order valence-corrected chi connectivity index (χ2v) is 9.58.